The molecule has 0 radical (unpaired) electrons. The number of hydrogen-bond donors (Lipinski definition) is 2. The molecule has 4 aromatic rings. The van der Waals surface area contributed by atoms with Gasteiger partial charge in [0.25, 0.3) is 0 Å². The van der Waals surface area contributed by atoms with Crippen molar-refractivity contribution >= 4 is 34.8 Å². The summed E-state index contributed by atoms with van der Waals surface area (Å²) >= 11 is 20.9. The van der Waals surface area contributed by atoms with Gasteiger partial charge in [-0.15, -0.1) is 0 Å². The number of alkyl halides is 3. The predicted molar refractivity (Wildman–Crippen MR) is 143 cm³/mol. The molecular formula is C30H23Cl3O2. The van der Waals surface area contributed by atoms with Crippen LogP contribution in [0.25, 0.3) is 22.3 Å². The minimum atomic E-state index is -1.85. The van der Waals surface area contributed by atoms with Crippen LogP contribution in [0.1, 0.15) is 22.3 Å². The maximum absolute atomic E-state index is 11.4. The van der Waals surface area contributed by atoms with Crippen molar-refractivity contribution < 1.29 is 10.2 Å². The minimum Gasteiger partial charge on any atom is -0.395 e. The lowest BCUT2D eigenvalue weighted by molar-refractivity contribution is 0.0893. The van der Waals surface area contributed by atoms with Crippen molar-refractivity contribution in [2.24, 2.45) is 5.92 Å². The molecule has 4 aromatic carbocycles. The van der Waals surface area contributed by atoms with Crippen molar-refractivity contribution in [2.75, 3.05) is 13.2 Å². The number of rotatable bonds is 4. The second-order valence-corrected chi connectivity index (χ2v) is 11.8. The molecule has 5 heteroatoms. The maximum Gasteiger partial charge on any atom is 0.195 e. The highest BCUT2D eigenvalue weighted by atomic mass is 35.6. The summed E-state index contributed by atoms with van der Waals surface area (Å²) in [4.78, 5) is 0. The average Bonchev–Trinajstić information content (AvgIpc) is 3.33. The zero-order chi connectivity index (χ0) is 24.4. The van der Waals surface area contributed by atoms with Gasteiger partial charge < -0.3 is 10.2 Å². The summed E-state index contributed by atoms with van der Waals surface area (Å²) in [5.74, 6) is -0.836. The predicted octanol–water partition coefficient (Wildman–Crippen LogP) is 6.89. The number of benzene rings is 4. The van der Waals surface area contributed by atoms with Crippen molar-refractivity contribution in [2.45, 2.75) is 14.6 Å². The second-order valence-electron chi connectivity index (χ2n) is 9.42. The first-order valence-corrected chi connectivity index (χ1v) is 12.7. The average molecular weight is 522 g/mol. The lowest BCUT2D eigenvalue weighted by Crippen LogP contribution is -2.57. The quantitative estimate of drug-likeness (QED) is 0.287. The normalized spacial score (nSPS) is 16.5. The Morgan fingerprint density at radius 3 is 1.00 bits per heavy atom. The van der Waals surface area contributed by atoms with Crippen molar-refractivity contribution in [3.63, 3.8) is 0 Å². The Morgan fingerprint density at radius 1 is 0.514 bits per heavy atom. The van der Waals surface area contributed by atoms with Crippen LogP contribution < -0.4 is 0 Å². The van der Waals surface area contributed by atoms with Crippen molar-refractivity contribution in [3.05, 3.63) is 119 Å². The third kappa shape index (κ3) is 2.92. The van der Waals surface area contributed by atoms with Gasteiger partial charge in [0.2, 0.25) is 0 Å². The van der Waals surface area contributed by atoms with Crippen LogP contribution in [0.3, 0.4) is 0 Å². The van der Waals surface area contributed by atoms with Gasteiger partial charge in [0, 0.05) is 5.92 Å². The fraction of sp³-hybridized carbons (Fsp3) is 0.200. The van der Waals surface area contributed by atoms with Crippen LogP contribution in [0.5, 0.6) is 0 Å². The van der Waals surface area contributed by atoms with Gasteiger partial charge in [-0.2, -0.15) is 0 Å². The number of aliphatic hydroxyl groups excluding tert-OH is 2. The molecular weight excluding hydrogens is 499 g/mol. The van der Waals surface area contributed by atoms with Gasteiger partial charge in [0.1, 0.15) is 0 Å². The van der Waals surface area contributed by atoms with Crippen LogP contribution in [0.4, 0.5) is 0 Å². The Kier molecular flexibility index (Phi) is 5.34. The maximum atomic E-state index is 11.4. The van der Waals surface area contributed by atoms with Crippen LogP contribution in [-0.4, -0.2) is 27.2 Å². The molecule has 0 heterocycles. The van der Waals surface area contributed by atoms with Gasteiger partial charge in [-0.05, 0) is 44.5 Å². The van der Waals surface area contributed by atoms with E-state index in [9.17, 15) is 10.2 Å². The molecule has 0 atom stereocenters. The largest absolute Gasteiger partial charge is 0.395 e. The molecule has 0 bridgehead atoms. The van der Waals surface area contributed by atoms with Crippen LogP contribution in [0.2, 0.25) is 0 Å². The summed E-state index contributed by atoms with van der Waals surface area (Å²) in [5.41, 5.74) is 5.45. The molecule has 2 N–H and O–H groups in total. The molecule has 0 amide bonds. The summed E-state index contributed by atoms with van der Waals surface area (Å²) in [6, 6.07) is 31.9. The Hall–Kier alpha value is -2.33. The van der Waals surface area contributed by atoms with Gasteiger partial charge in [-0.25, -0.2) is 0 Å². The fourth-order valence-electron chi connectivity index (χ4n) is 6.84. The number of aliphatic hydroxyl groups is 2. The zero-order valence-electron chi connectivity index (χ0n) is 18.8. The standard InChI is InChI=1S/C30H23Cl3O2/c31-30(32,33)27(28(17-34)23-13-5-1-9-19(23)20-10-2-6-14-24(20)28)29(18-35)25-15-7-3-11-21(25)22-12-4-8-16-26(22)29/h1-16,27,34-35H,17-18H2. The lowest BCUT2D eigenvalue weighted by atomic mass is 9.56. The molecule has 0 unspecified atom stereocenters. The smallest absolute Gasteiger partial charge is 0.195 e. The highest BCUT2D eigenvalue weighted by Crippen LogP contribution is 2.67. The first kappa shape index (κ1) is 23.1. The van der Waals surface area contributed by atoms with Gasteiger partial charge in [0.15, 0.2) is 3.79 Å². The molecule has 2 nitrogen and oxygen atoms in total. The van der Waals surface area contributed by atoms with E-state index in [0.717, 1.165) is 44.5 Å². The van der Waals surface area contributed by atoms with Crippen LogP contribution in [-0.2, 0) is 10.8 Å². The first-order valence-electron chi connectivity index (χ1n) is 11.6. The van der Waals surface area contributed by atoms with Crippen molar-refractivity contribution in [3.8, 4) is 22.3 Å². The monoisotopic (exact) mass is 520 g/mol. The zero-order valence-corrected chi connectivity index (χ0v) is 21.0. The third-order valence-corrected chi connectivity index (χ3v) is 8.68. The topological polar surface area (TPSA) is 40.5 Å². The third-order valence-electron chi connectivity index (χ3n) is 8.02. The SMILES string of the molecule is OCC1(C(C(Cl)(Cl)Cl)C2(CO)c3ccccc3-c3ccccc32)c2ccccc2-c2ccccc21. The minimum absolute atomic E-state index is 0.286. The van der Waals surface area contributed by atoms with Crippen molar-refractivity contribution in [1.29, 1.82) is 0 Å². The molecule has 2 aliphatic rings. The summed E-state index contributed by atoms with van der Waals surface area (Å²) in [6.45, 7) is -0.572. The number of hydrogen-bond acceptors (Lipinski definition) is 2. The van der Waals surface area contributed by atoms with Gasteiger partial charge >= 0.3 is 0 Å². The molecule has 0 saturated heterocycles. The highest BCUT2D eigenvalue weighted by Gasteiger charge is 2.65. The molecule has 35 heavy (non-hydrogen) atoms. The Balaban J connectivity index is 1.78. The van der Waals surface area contributed by atoms with Crippen LogP contribution in [0.15, 0.2) is 97.1 Å². The van der Waals surface area contributed by atoms with E-state index in [1.165, 1.54) is 0 Å². The summed E-state index contributed by atoms with van der Waals surface area (Å²) < 4.78 is -1.85. The number of fused-ring (bicyclic) bond motifs is 6. The Bertz CT molecular complexity index is 1250. The fourth-order valence-corrected chi connectivity index (χ4v) is 7.96. The number of halogens is 3. The van der Waals surface area contributed by atoms with Crippen molar-refractivity contribution in [1.82, 2.24) is 0 Å². The van der Waals surface area contributed by atoms with Gasteiger partial charge in [-0.3, -0.25) is 0 Å². The molecule has 0 aromatic heterocycles. The molecule has 0 aliphatic heterocycles. The van der Waals surface area contributed by atoms with E-state index in [1.807, 2.05) is 97.1 Å². The van der Waals surface area contributed by atoms with Gasteiger partial charge in [-0.1, -0.05) is 132 Å². The summed E-state index contributed by atoms with van der Waals surface area (Å²) in [5, 5.41) is 22.7. The second kappa shape index (κ2) is 8.09. The van der Waals surface area contributed by atoms with E-state index in [2.05, 4.69) is 0 Å². The van der Waals surface area contributed by atoms with Crippen LogP contribution >= 0.6 is 34.8 Å². The van der Waals surface area contributed by atoms with E-state index in [0.29, 0.717) is 0 Å². The first-order chi connectivity index (χ1) is 16.9. The summed E-state index contributed by atoms with van der Waals surface area (Å²) in [6.07, 6.45) is 0. The molecule has 0 fully saturated rings. The Labute approximate surface area is 219 Å². The van der Waals surface area contributed by atoms with Gasteiger partial charge in [0.05, 0.1) is 24.0 Å². The van der Waals surface area contributed by atoms with E-state index in [-0.39, 0.29) is 13.2 Å². The Morgan fingerprint density at radius 2 is 0.771 bits per heavy atom. The molecule has 0 saturated carbocycles. The van der Waals surface area contributed by atoms with E-state index >= 15 is 0 Å². The van der Waals surface area contributed by atoms with Crippen LogP contribution in [0, 0.1) is 5.92 Å². The van der Waals surface area contributed by atoms with E-state index < -0.39 is 20.5 Å². The van der Waals surface area contributed by atoms with E-state index in [4.69, 9.17) is 34.8 Å². The molecule has 176 valence electrons. The highest BCUT2D eigenvalue weighted by molar-refractivity contribution is 6.68. The summed E-state index contributed by atoms with van der Waals surface area (Å²) in [7, 11) is 0. The molecule has 0 spiro atoms. The molecule has 2 aliphatic carbocycles. The lowest BCUT2D eigenvalue weighted by Gasteiger charge is -2.51. The van der Waals surface area contributed by atoms with E-state index in [1.54, 1.807) is 0 Å². The molecule has 6 rings (SSSR count).